The molecule has 4 rings (SSSR count). The molecule has 1 fully saturated rings. The van der Waals surface area contributed by atoms with Crippen LogP contribution in [-0.2, 0) is 16.4 Å². The van der Waals surface area contributed by atoms with Crippen LogP contribution in [0.5, 0.6) is 17.2 Å². The Labute approximate surface area is 238 Å². The summed E-state index contributed by atoms with van der Waals surface area (Å²) in [7, 11) is 2.31. The minimum Gasteiger partial charge on any atom is -0.495 e. The minimum absolute atomic E-state index is 0.0687. The van der Waals surface area contributed by atoms with Crippen molar-refractivity contribution in [2.45, 2.75) is 11.3 Å². The smallest absolute Gasteiger partial charge is 0.254 e. The van der Waals surface area contributed by atoms with Gasteiger partial charge in [0.15, 0.2) is 23.1 Å². The highest BCUT2D eigenvalue weighted by molar-refractivity contribution is 7.89. The number of nitrogens with zero attached hydrogens (tertiary/aromatic N) is 3. The van der Waals surface area contributed by atoms with Gasteiger partial charge in [-0.05, 0) is 60.5 Å². The van der Waals surface area contributed by atoms with Crippen molar-refractivity contribution in [3.05, 3.63) is 77.4 Å². The molecule has 0 N–H and O–H groups in total. The largest absolute Gasteiger partial charge is 0.495 e. The number of carbonyl (C=O) groups is 1. The normalized spacial score (nSPS) is 13.8. The topological polar surface area (TPSA) is 88.6 Å². The lowest BCUT2D eigenvalue weighted by molar-refractivity contribution is 0.0746. The number of carbonyl (C=O) groups excluding carboxylic acids is 1. The van der Waals surface area contributed by atoms with Gasteiger partial charge in [-0.2, -0.15) is 0 Å². The molecule has 1 heterocycles. The van der Waals surface area contributed by atoms with Crippen LogP contribution in [-0.4, -0.2) is 84.6 Å². The molecule has 3 aromatic rings. The molecule has 0 aliphatic carbocycles. The average Bonchev–Trinajstić information content (AvgIpc) is 3.00. The van der Waals surface area contributed by atoms with E-state index in [9.17, 15) is 22.0 Å². The number of sulfonamides is 1. The van der Waals surface area contributed by atoms with Gasteiger partial charge in [0, 0.05) is 45.3 Å². The molecule has 41 heavy (non-hydrogen) atoms. The number of piperazine rings is 1. The molecule has 9 nitrogen and oxygen atoms in total. The highest BCUT2D eigenvalue weighted by Gasteiger charge is 2.27. The number of hydrogen-bond acceptors (Lipinski definition) is 7. The van der Waals surface area contributed by atoms with Gasteiger partial charge in [-0.3, -0.25) is 4.79 Å². The van der Waals surface area contributed by atoms with E-state index in [1.165, 1.54) is 30.6 Å². The Balaban J connectivity index is 1.46. The highest BCUT2D eigenvalue weighted by atomic mass is 32.2. The van der Waals surface area contributed by atoms with Crippen LogP contribution >= 0.6 is 0 Å². The summed E-state index contributed by atoms with van der Waals surface area (Å²) >= 11 is 0. The summed E-state index contributed by atoms with van der Waals surface area (Å²) in [6, 6.07) is 13.2. The minimum atomic E-state index is -3.83. The summed E-state index contributed by atoms with van der Waals surface area (Å²) in [5.41, 5.74) is 1.55. The third kappa shape index (κ3) is 6.54. The maximum Gasteiger partial charge on any atom is 0.254 e. The van der Waals surface area contributed by atoms with Gasteiger partial charge in [-0.15, -0.1) is 0 Å². The fourth-order valence-corrected chi connectivity index (χ4v) is 5.85. The second-order valence-electron chi connectivity index (χ2n) is 9.51. The van der Waals surface area contributed by atoms with Crippen molar-refractivity contribution in [3.63, 3.8) is 0 Å². The second-order valence-corrected chi connectivity index (χ2v) is 11.6. The Hall–Kier alpha value is -3.90. The van der Waals surface area contributed by atoms with E-state index in [1.54, 1.807) is 37.3 Å². The Kier molecular flexibility index (Phi) is 9.34. The van der Waals surface area contributed by atoms with Gasteiger partial charge in [0.2, 0.25) is 10.0 Å². The lowest BCUT2D eigenvalue weighted by atomic mass is 10.1. The van der Waals surface area contributed by atoms with Gasteiger partial charge in [0.25, 0.3) is 5.91 Å². The van der Waals surface area contributed by atoms with Gasteiger partial charge in [0.05, 0.1) is 31.9 Å². The molecule has 1 aliphatic rings. The summed E-state index contributed by atoms with van der Waals surface area (Å²) in [6.45, 7) is 1.64. The van der Waals surface area contributed by atoms with E-state index in [2.05, 4.69) is 0 Å². The molecule has 220 valence electrons. The molecule has 0 radical (unpaired) electrons. The maximum atomic E-state index is 13.6. The van der Waals surface area contributed by atoms with E-state index >= 15 is 0 Å². The van der Waals surface area contributed by atoms with Crippen molar-refractivity contribution in [3.8, 4) is 17.2 Å². The summed E-state index contributed by atoms with van der Waals surface area (Å²) in [5, 5.41) is 0. The van der Waals surface area contributed by atoms with E-state index in [4.69, 9.17) is 14.2 Å². The van der Waals surface area contributed by atoms with Crippen LogP contribution in [0.15, 0.2) is 59.5 Å². The van der Waals surface area contributed by atoms with Crippen LogP contribution in [0.1, 0.15) is 15.9 Å². The van der Waals surface area contributed by atoms with E-state index in [1.807, 2.05) is 17.0 Å². The molecule has 0 bridgehead atoms. The third-order valence-electron chi connectivity index (χ3n) is 7.10. The van der Waals surface area contributed by atoms with Gasteiger partial charge < -0.3 is 24.0 Å². The van der Waals surface area contributed by atoms with Gasteiger partial charge >= 0.3 is 0 Å². The fourth-order valence-electron chi connectivity index (χ4n) is 4.66. The first kappa shape index (κ1) is 30.1. The zero-order valence-corrected chi connectivity index (χ0v) is 24.2. The number of ether oxygens (including phenoxy) is 3. The van der Waals surface area contributed by atoms with Crippen molar-refractivity contribution in [1.82, 2.24) is 9.21 Å². The van der Waals surface area contributed by atoms with Gasteiger partial charge in [0.1, 0.15) is 5.75 Å². The number of methoxy groups -OCH3 is 3. The second kappa shape index (κ2) is 12.7. The van der Waals surface area contributed by atoms with Crippen molar-refractivity contribution >= 4 is 21.6 Å². The van der Waals surface area contributed by atoms with E-state index in [0.29, 0.717) is 55.5 Å². The molecule has 0 spiro atoms. The Bertz CT molecular complexity index is 1510. The van der Waals surface area contributed by atoms with E-state index < -0.39 is 27.6 Å². The molecule has 1 aliphatic heterocycles. The van der Waals surface area contributed by atoms with Crippen molar-refractivity contribution in [2.24, 2.45) is 0 Å². The maximum absolute atomic E-state index is 13.6. The molecule has 0 unspecified atom stereocenters. The summed E-state index contributed by atoms with van der Waals surface area (Å²) < 4.78 is 71.3. The molecule has 3 aromatic carbocycles. The van der Waals surface area contributed by atoms with Crippen molar-refractivity contribution in [2.75, 3.05) is 66.0 Å². The molecular weight excluding hydrogens is 556 g/mol. The van der Waals surface area contributed by atoms with Crippen LogP contribution in [0.4, 0.5) is 14.5 Å². The number of rotatable bonds is 10. The number of hydrogen-bond donors (Lipinski definition) is 0. The lowest BCUT2D eigenvalue weighted by Crippen LogP contribution is -2.49. The standard InChI is InChI=1S/C29H33F2N3O6S/c1-32(12-11-20-5-9-27(39-3)28(17-20)40-4)41(36,37)22-7-10-26(38-2)25(19-22)33-13-15-34(16-14-33)29(35)21-6-8-23(30)24(31)18-21/h5-10,17-19H,11-16H2,1-4H3. The Morgan fingerprint density at radius 1 is 0.829 bits per heavy atom. The van der Waals surface area contributed by atoms with Crippen LogP contribution in [0, 0.1) is 11.6 Å². The fraction of sp³-hybridized carbons (Fsp3) is 0.345. The van der Waals surface area contributed by atoms with E-state index in [0.717, 1.165) is 17.7 Å². The summed E-state index contributed by atoms with van der Waals surface area (Å²) in [6.07, 6.45) is 0.465. The third-order valence-corrected chi connectivity index (χ3v) is 8.95. The summed E-state index contributed by atoms with van der Waals surface area (Å²) in [4.78, 5) is 16.4. The average molecular weight is 590 g/mol. The Morgan fingerprint density at radius 3 is 2.12 bits per heavy atom. The van der Waals surface area contributed by atoms with Crippen LogP contribution in [0.2, 0.25) is 0 Å². The highest BCUT2D eigenvalue weighted by Crippen LogP contribution is 2.33. The number of amides is 1. The van der Waals surface area contributed by atoms with Crippen molar-refractivity contribution in [1.29, 1.82) is 0 Å². The quantitative estimate of drug-likeness (QED) is 0.355. The first-order valence-electron chi connectivity index (χ1n) is 12.9. The van der Waals surface area contributed by atoms with Crippen LogP contribution in [0.25, 0.3) is 0 Å². The molecule has 0 saturated carbocycles. The van der Waals surface area contributed by atoms with Gasteiger partial charge in [-0.1, -0.05) is 6.07 Å². The summed E-state index contributed by atoms with van der Waals surface area (Å²) in [5.74, 6) is -0.828. The lowest BCUT2D eigenvalue weighted by Gasteiger charge is -2.37. The molecule has 0 aromatic heterocycles. The predicted octanol–water partition coefficient (Wildman–Crippen LogP) is 3.82. The zero-order chi connectivity index (χ0) is 29.7. The molecule has 1 saturated heterocycles. The first-order valence-corrected chi connectivity index (χ1v) is 14.4. The monoisotopic (exact) mass is 589 g/mol. The van der Waals surface area contributed by atoms with Crippen LogP contribution < -0.4 is 19.1 Å². The zero-order valence-electron chi connectivity index (χ0n) is 23.4. The predicted molar refractivity (Wildman–Crippen MR) is 151 cm³/mol. The number of benzene rings is 3. The SMILES string of the molecule is COc1ccc(CCN(C)S(=O)(=O)c2ccc(OC)c(N3CCN(C(=O)c4ccc(F)c(F)c4)CC3)c2)cc1OC. The molecular formula is C29H33F2N3O6S. The number of likely N-dealkylation sites (N-methyl/N-ethyl adjacent to an activating group) is 1. The van der Waals surface area contributed by atoms with E-state index in [-0.39, 0.29) is 17.0 Å². The Morgan fingerprint density at radius 2 is 1.49 bits per heavy atom. The van der Waals surface area contributed by atoms with Crippen molar-refractivity contribution < 1.29 is 36.2 Å². The number of anilines is 1. The molecule has 0 atom stereocenters. The number of halogens is 2. The van der Waals surface area contributed by atoms with Gasteiger partial charge in [-0.25, -0.2) is 21.5 Å². The molecule has 1 amide bonds. The molecule has 12 heteroatoms. The first-order chi connectivity index (χ1) is 19.6. The van der Waals surface area contributed by atoms with Crippen LogP contribution in [0.3, 0.4) is 0 Å².